The van der Waals surface area contributed by atoms with Crippen LogP contribution in [0.15, 0.2) is 30.3 Å². The van der Waals surface area contributed by atoms with Crippen molar-refractivity contribution in [2.75, 3.05) is 6.67 Å². The molecule has 2 atom stereocenters. The zero-order valence-electron chi connectivity index (χ0n) is 12.2. The third-order valence-electron chi connectivity index (χ3n) is 4.95. The largest absolute Gasteiger partial charge is 0.326 e. The summed E-state index contributed by atoms with van der Waals surface area (Å²) in [5.41, 5.74) is 1.23. The molecule has 0 aromatic heterocycles. The molecule has 1 aromatic rings. The monoisotopic (exact) mass is 272 g/mol. The maximum Gasteiger partial charge on any atom is 0.241 e. The van der Waals surface area contributed by atoms with Gasteiger partial charge in [0.05, 0.1) is 12.7 Å². The number of hydrogen-bond acceptors (Lipinski definition) is 2. The van der Waals surface area contributed by atoms with E-state index in [1.54, 1.807) is 0 Å². The molecule has 1 saturated heterocycles. The van der Waals surface area contributed by atoms with Crippen LogP contribution in [0.1, 0.15) is 38.2 Å². The minimum Gasteiger partial charge on any atom is -0.326 e. The lowest BCUT2D eigenvalue weighted by Gasteiger charge is -2.29. The topological polar surface area (TPSA) is 32.3 Å². The fraction of sp³-hybridized carbons (Fsp3) is 0.588. The van der Waals surface area contributed by atoms with E-state index in [0.29, 0.717) is 18.6 Å². The van der Waals surface area contributed by atoms with Gasteiger partial charge in [-0.3, -0.25) is 10.1 Å². The third-order valence-corrected chi connectivity index (χ3v) is 4.95. The summed E-state index contributed by atoms with van der Waals surface area (Å²) in [4.78, 5) is 14.6. The van der Waals surface area contributed by atoms with Gasteiger partial charge in [-0.05, 0) is 37.7 Å². The van der Waals surface area contributed by atoms with Crippen LogP contribution < -0.4 is 5.32 Å². The maximum absolute atomic E-state index is 12.6. The molecule has 108 valence electrons. The van der Waals surface area contributed by atoms with E-state index in [4.69, 9.17) is 0 Å². The van der Waals surface area contributed by atoms with Crippen molar-refractivity contribution < 1.29 is 4.79 Å². The van der Waals surface area contributed by atoms with Crippen LogP contribution in [-0.4, -0.2) is 29.6 Å². The van der Waals surface area contributed by atoms with E-state index in [-0.39, 0.29) is 11.9 Å². The molecular weight excluding hydrogens is 248 g/mol. The standard InChI is InChI=1S/C17H24N2O/c1-13(15-9-5-6-10-15)19-12-18-16(17(19)20)11-14-7-3-2-4-8-14/h2-4,7-8,13,15-16,18H,5-6,9-12H2,1H3. The van der Waals surface area contributed by atoms with Gasteiger partial charge in [0, 0.05) is 6.04 Å². The molecule has 0 spiro atoms. The lowest BCUT2D eigenvalue weighted by atomic mass is 9.98. The number of carbonyl (C=O) groups is 1. The highest BCUT2D eigenvalue weighted by Crippen LogP contribution is 2.31. The predicted octanol–water partition coefficient (Wildman–Crippen LogP) is 2.57. The number of nitrogens with zero attached hydrogens (tertiary/aromatic N) is 1. The first kappa shape index (κ1) is 13.6. The maximum atomic E-state index is 12.6. The number of amides is 1. The molecule has 20 heavy (non-hydrogen) atoms. The van der Waals surface area contributed by atoms with Crippen LogP contribution in [0, 0.1) is 5.92 Å². The molecule has 0 bridgehead atoms. The Balaban J connectivity index is 1.62. The predicted molar refractivity (Wildman–Crippen MR) is 80.2 cm³/mol. The van der Waals surface area contributed by atoms with Gasteiger partial charge in [0.2, 0.25) is 5.91 Å². The Morgan fingerprint density at radius 1 is 1.25 bits per heavy atom. The Bertz CT molecular complexity index is 453. The summed E-state index contributed by atoms with van der Waals surface area (Å²) in [7, 11) is 0. The Morgan fingerprint density at radius 2 is 1.95 bits per heavy atom. The molecule has 3 nitrogen and oxygen atoms in total. The number of rotatable bonds is 4. The number of carbonyl (C=O) groups excluding carboxylic acids is 1. The summed E-state index contributed by atoms with van der Waals surface area (Å²) in [6.07, 6.45) is 6.03. The SMILES string of the molecule is CC(C1CCCC1)N1CNC(Cc2ccccc2)C1=O. The van der Waals surface area contributed by atoms with Crippen LogP contribution in [-0.2, 0) is 11.2 Å². The second-order valence-corrected chi connectivity index (χ2v) is 6.20. The molecule has 1 aromatic carbocycles. The van der Waals surface area contributed by atoms with Gasteiger partial charge in [-0.25, -0.2) is 0 Å². The molecule has 2 fully saturated rings. The molecule has 2 aliphatic rings. The summed E-state index contributed by atoms with van der Waals surface area (Å²) in [6, 6.07) is 10.6. The quantitative estimate of drug-likeness (QED) is 0.913. The van der Waals surface area contributed by atoms with Crippen molar-refractivity contribution in [3.63, 3.8) is 0 Å². The highest BCUT2D eigenvalue weighted by atomic mass is 16.2. The van der Waals surface area contributed by atoms with E-state index in [9.17, 15) is 4.79 Å². The Kier molecular flexibility index (Phi) is 4.06. The average molecular weight is 272 g/mol. The Labute approximate surface area is 121 Å². The Morgan fingerprint density at radius 3 is 2.65 bits per heavy atom. The zero-order valence-corrected chi connectivity index (χ0v) is 12.2. The van der Waals surface area contributed by atoms with E-state index in [1.807, 2.05) is 18.2 Å². The molecule has 1 aliphatic carbocycles. The summed E-state index contributed by atoms with van der Waals surface area (Å²) >= 11 is 0. The van der Waals surface area contributed by atoms with E-state index in [1.165, 1.54) is 31.2 Å². The molecule has 1 aliphatic heterocycles. The van der Waals surface area contributed by atoms with Crippen LogP contribution in [0.25, 0.3) is 0 Å². The first-order valence-electron chi connectivity index (χ1n) is 7.83. The van der Waals surface area contributed by atoms with Crippen molar-refractivity contribution in [3.8, 4) is 0 Å². The highest BCUT2D eigenvalue weighted by Gasteiger charge is 2.37. The van der Waals surface area contributed by atoms with Crippen molar-refractivity contribution in [3.05, 3.63) is 35.9 Å². The van der Waals surface area contributed by atoms with Crippen molar-refractivity contribution in [2.45, 2.75) is 51.1 Å². The molecule has 3 heteroatoms. The normalized spacial score (nSPS) is 25.4. The van der Waals surface area contributed by atoms with E-state index in [2.05, 4.69) is 29.3 Å². The van der Waals surface area contributed by atoms with Gasteiger partial charge in [-0.2, -0.15) is 0 Å². The van der Waals surface area contributed by atoms with Crippen LogP contribution in [0.4, 0.5) is 0 Å². The molecule has 2 unspecified atom stereocenters. The van der Waals surface area contributed by atoms with Crippen molar-refractivity contribution in [2.24, 2.45) is 5.92 Å². The fourth-order valence-electron chi connectivity index (χ4n) is 3.62. The highest BCUT2D eigenvalue weighted by molar-refractivity contribution is 5.84. The van der Waals surface area contributed by atoms with Gasteiger partial charge in [0.15, 0.2) is 0 Å². The second kappa shape index (κ2) is 5.96. The summed E-state index contributed by atoms with van der Waals surface area (Å²) in [5.74, 6) is 0.990. The number of nitrogens with one attached hydrogen (secondary N) is 1. The zero-order chi connectivity index (χ0) is 13.9. The van der Waals surface area contributed by atoms with E-state index >= 15 is 0 Å². The summed E-state index contributed by atoms with van der Waals surface area (Å²) < 4.78 is 0. The van der Waals surface area contributed by atoms with Gasteiger partial charge in [0.1, 0.15) is 0 Å². The van der Waals surface area contributed by atoms with Gasteiger partial charge in [0.25, 0.3) is 0 Å². The van der Waals surface area contributed by atoms with Crippen LogP contribution >= 0.6 is 0 Å². The van der Waals surface area contributed by atoms with Crippen molar-refractivity contribution >= 4 is 5.91 Å². The molecule has 3 rings (SSSR count). The molecule has 1 amide bonds. The van der Waals surface area contributed by atoms with E-state index in [0.717, 1.165) is 6.42 Å². The lowest BCUT2D eigenvalue weighted by molar-refractivity contribution is -0.131. The average Bonchev–Trinajstić information content (AvgIpc) is 3.11. The van der Waals surface area contributed by atoms with Crippen molar-refractivity contribution in [1.29, 1.82) is 0 Å². The van der Waals surface area contributed by atoms with Gasteiger partial charge >= 0.3 is 0 Å². The molecule has 1 heterocycles. The van der Waals surface area contributed by atoms with Crippen LogP contribution in [0.3, 0.4) is 0 Å². The van der Waals surface area contributed by atoms with Gasteiger partial charge < -0.3 is 4.90 Å². The van der Waals surface area contributed by atoms with Gasteiger partial charge in [-0.1, -0.05) is 43.2 Å². The van der Waals surface area contributed by atoms with Crippen LogP contribution in [0.2, 0.25) is 0 Å². The minimum absolute atomic E-state index is 0.0405. The van der Waals surface area contributed by atoms with E-state index < -0.39 is 0 Å². The number of hydrogen-bond donors (Lipinski definition) is 1. The second-order valence-electron chi connectivity index (χ2n) is 6.20. The summed E-state index contributed by atoms with van der Waals surface area (Å²) in [6.45, 7) is 2.94. The molecular formula is C17H24N2O. The first-order valence-corrected chi connectivity index (χ1v) is 7.83. The third kappa shape index (κ3) is 2.73. The summed E-state index contributed by atoms with van der Waals surface area (Å²) in [5, 5.41) is 3.39. The molecule has 0 radical (unpaired) electrons. The van der Waals surface area contributed by atoms with Gasteiger partial charge in [-0.15, -0.1) is 0 Å². The Hall–Kier alpha value is -1.35. The van der Waals surface area contributed by atoms with Crippen molar-refractivity contribution in [1.82, 2.24) is 10.2 Å². The molecule has 1 saturated carbocycles. The number of benzene rings is 1. The first-order chi connectivity index (χ1) is 9.75. The fourth-order valence-corrected chi connectivity index (χ4v) is 3.62. The lowest BCUT2D eigenvalue weighted by Crippen LogP contribution is -2.41. The smallest absolute Gasteiger partial charge is 0.241 e. The van der Waals surface area contributed by atoms with Crippen LogP contribution in [0.5, 0.6) is 0 Å². The minimum atomic E-state index is -0.0405. The molecule has 1 N–H and O–H groups in total.